The summed E-state index contributed by atoms with van der Waals surface area (Å²) in [6.45, 7) is 19.4. The number of carbonyl (C=O) groups excluding carboxylic acids is 1. The summed E-state index contributed by atoms with van der Waals surface area (Å²) in [5.41, 5.74) is 3.74. The van der Waals surface area contributed by atoms with E-state index < -0.39 is 32.5 Å². The molecule has 1 aromatic carbocycles. The van der Waals surface area contributed by atoms with Crippen LogP contribution in [0.3, 0.4) is 0 Å². The summed E-state index contributed by atoms with van der Waals surface area (Å²) in [6.07, 6.45) is 11.3. The van der Waals surface area contributed by atoms with Crippen LogP contribution in [0.15, 0.2) is 84.0 Å². The molecule has 2 bridgehead atoms. The van der Waals surface area contributed by atoms with E-state index in [0.29, 0.717) is 18.6 Å². The van der Waals surface area contributed by atoms with Crippen molar-refractivity contribution in [1.82, 2.24) is 0 Å². The van der Waals surface area contributed by atoms with Gasteiger partial charge in [0.1, 0.15) is 11.9 Å². The monoisotopic (exact) mass is 666 g/mol. The Kier molecular flexibility index (Phi) is 14.0. The van der Waals surface area contributed by atoms with Crippen molar-refractivity contribution in [3.8, 4) is 5.75 Å². The first-order valence-electron chi connectivity index (χ1n) is 16.4. The Morgan fingerprint density at radius 2 is 1.79 bits per heavy atom. The Labute approximate surface area is 282 Å². The number of carboxylic acids is 1. The van der Waals surface area contributed by atoms with Crippen LogP contribution in [-0.4, -0.2) is 63.0 Å². The van der Waals surface area contributed by atoms with E-state index in [1.54, 1.807) is 37.5 Å². The predicted molar refractivity (Wildman–Crippen MR) is 188 cm³/mol. The molecule has 2 aliphatic heterocycles. The van der Waals surface area contributed by atoms with Crippen LogP contribution in [-0.2, 0) is 34.8 Å². The number of carbonyl (C=O) groups is 2. The second-order valence-corrected chi connectivity index (χ2v) is 19.0. The second-order valence-electron chi connectivity index (χ2n) is 14.2. The summed E-state index contributed by atoms with van der Waals surface area (Å²) in [5.74, 6) is -1.18. The van der Waals surface area contributed by atoms with E-state index in [1.807, 2.05) is 26.0 Å². The molecule has 0 saturated carbocycles. The van der Waals surface area contributed by atoms with Crippen LogP contribution in [0.4, 0.5) is 0 Å². The number of cyclic esters (lactones) is 1. The third-order valence-corrected chi connectivity index (χ3v) is 13.4. The largest absolute Gasteiger partial charge is 0.497 e. The number of carboxylic acid groups (broad SMARTS) is 1. The summed E-state index contributed by atoms with van der Waals surface area (Å²) in [6, 6.07) is 7.16. The molecule has 1 saturated heterocycles. The van der Waals surface area contributed by atoms with E-state index in [-0.39, 0.29) is 36.4 Å². The lowest BCUT2D eigenvalue weighted by molar-refractivity contribution is -0.169. The minimum absolute atomic E-state index is 0.0222. The van der Waals surface area contributed by atoms with Gasteiger partial charge in [-0.25, -0.2) is 9.59 Å². The molecule has 0 radical (unpaired) electrons. The van der Waals surface area contributed by atoms with Crippen molar-refractivity contribution in [2.24, 2.45) is 0 Å². The lowest BCUT2D eigenvalue weighted by Crippen LogP contribution is -2.43. The number of aliphatic carboxylic acids is 1. The zero-order chi connectivity index (χ0) is 34.8. The Balaban J connectivity index is 1.91. The van der Waals surface area contributed by atoms with Gasteiger partial charge in [0, 0.05) is 12.5 Å². The molecule has 8 nitrogen and oxygen atoms in total. The molecule has 0 unspecified atom stereocenters. The van der Waals surface area contributed by atoms with E-state index in [1.165, 1.54) is 6.08 Å². The molecule has 2 heterocycles. The zero-order valence-corrected chi connectivity index (χ0v) is 30.4. The van der Waals surface area contributed by atoms with Gasteiger partial charge in [-0.15, -0.1) is 0 Å². The number of rotatable bonds is 8. The number of hydrogen-bond acceptors (Lipinski definition) is 7. The van der Waals surface area contributed by atoms with E-state index >= 15 is 0 Å². The first-order valence-corrected chi connectivity index (χ1v) is 19.3. The average Bonchev–Trinajstić information content (AvgIpc) is 2.95. The van der Waals surface area contributed by atoms with Crippen LogP contribution < -0.4 is 4.74 Å². The van der Waals surface area contributed by atoms with Gasteiger partial charge >= 0.3 is 11.9 Å². The Morgan fingerprint density at radius 3 is 2.43 bits per heavy atom. The van der Waals surface area contributed by atoms with Crippen molar-refractivity contribution in [2.75, 3.05) is 7.11 Å². The van der Waals surface area contributed by atoms with Gasteiger partial charge in [-0.05, 0) is 75.4 Å². The van der Waals surface area contributed by atoms with Crippen molar-refractivity contribution >= 4 is 20.3 Å². The minimum Gasteiger partial charge on any atom is -0.497 e. The fourth-order valence-electron chi connectivity index (χ4n) is 5.38. The van der Waals surface area contributed by atoms with E-state index in [9.17, 15) is 14.7 Å². The van der Waals surface area contributed by atoms with E-state index in [2.05, 4.69) is 52.6 Å². The Hall–Kier alpha value is -3.24. The van der Waals surface area contributed by atoms with Crippen LogP contribution in [0.5, 0.6) is 5.75 Å². The molecule has 3 rings (SSSR count). The van der Waals surface area contributed by atoms with Crippen LogP contribution in [0.1, 0.15) is 72.3 Å². The van der Waals surface area contributed by atoms with Crippen molar-refractivity contribution in [1.29, 1.82) is 0 Å². The fourth-order valence-corrected chi connectivity index (χ4v) is 6.65. The van der Waals surface area contributed by atoms with E-state index in [4.69, 9.17) is 23.4 Å². The first-order chi connectivity index (χ1) is 22.1. The maximum atomic E-state index is 13.1. The molecule has 0 amide bonds. The molecule has 9 heteroatoms. The smallest absolute Gasteiger partial charge is 0.336 e. The summed E-state index contributed by atoms with van der Waals surface area (Å²) >= 11 is 0. The highest BCUT2D eigenvalue weighted by Gasteiger charge is 2.39. The summed E-state index contributed by atoms with van der Waals surface area (Å²) in [5, 5.41) is 10.2. The molecule has 0 aliphatic carbocycles. The Morgan fingerprint density at radius 1 is 1.09 bits per heavy atom. The molecule has 1 aromatic rings. The number of allylic oxidation sites excluding steroid dienone is 2. The van der Waals surface area contributed by atoms with Gasteiger partial charge in [0.15, 0.2) is 14.4 Å². The van der Waals surface area contributed by atoms with Gasteiger partial charge in [0.25, 0.3) is 0 Å². The predicted octanol–water partition coefficient (Wildman–Crippen LogP) is 8.26. The van der Waals surface area contributed by atoms with Crippen molar-refractivity contribution in [3.05, 3.63) is 89.6 Å². The number of esters is 1. The molecule has 5 atom stereocenters. The van der Waals surface area contributed by atoms with Gasteiger partial charge in [0.2, 0.25) is 0 Å². The molecule has 1 N–H and O–H groups in total. The minimum atomic E-state index is -2.06. The lowest BCUT2D eigenvalue weighted by Gasteiger charge is -2.39. The lowest BCUT2D eigenvalue weighted by atomic mass is 9.95. The molecule has 258 valence electrons. The normalized spacial score (nSPS) is 27.9. The number of benzene rings is 1. The molecule has 2 aliphatic rings. The number of fused-ring (bicyclic) bond motifs is 2. The van der Waals surface area contributed by atoms with E-state index in [0.717, 1.165) is 35.1 Å². The number of methoxy groups -OCH3 is 1. The molecule has 0 aromatic heterocycles. The molecule has 1 fully saturated rings. The first kappa shape index (κ1) is 38.2. The van der Waals surface area contributed by atoms with Crippen LogP contribution in [0, 0.1) is 0 Å². The molecule has 0 spiro atoms. The standard InChI is InChI=1S/C38H54O8Si/c1-26-12-10-15-35(39)45-34(36(37(40)41)43-25-29-16-18-30(42-7)19-17-29)24-28(3)23-33-22-27(2)21-31(44-33)13-11-14-32(20-26)46-47(8,9)38(4,5)6/h10-12,14-19,23,31-34,36H,2,13,20-22,24-25H2,1,3-9H3,(H,40,41)/b14-11+,15-10+,26-12-,28-23+/t31-,32+,33-,34-,36-/m1/s1. The second kappa shape index (κ2) is 17.2. The van der Waals surface area contributed by atoms with Crippen LogP contribution in [0.2, 0.25) is 18.1 Å². The van der Waals surface area contributed by atoms with Gasteiger partial charge in [-0.1, -0.05) is 86.6 Å². The number of ether oxygens (including phenoxy) is 4. The number of hydrogen-bond donors (Lipinski definition) is 1. The zero-order valence-electron chi connectivity index (χ0n) is 29.4. The maximum absolute atomic E-state index is 13.1. The van der Waals surface area contributed by atoms with Gasteiger partial charge in [-0.3, -0.25) is 0 Å². The molecule has 47 heavy (non-hydrogen) atoms. The summed E-state index contributed by atoms with van der Waals surface area (Å²) in [7, 11) is -0.485. The highest BCUT2D eigenvalue weighted by atomic mass is 28.4. The third-order valence-electron chi connectivity index (χ3n) is 8.94. The highest BCUT2D eigenvalue weighted by molar-refractivity contribution is 6.74. The van der Waals surface area contributed by atoms with Crippen molar-refractivity contribution in [2.45, 2.75) is 122 Å². The average molecular weight is 667 g/mol. The summed E-state index contributed by atoms with van der Waals surface area (Å²) in [4.78, 5) is 25.5. The highest BCUT2D eigenvalue weighted by Crippen LogP contribution is 2.38. The van der Waals surface area contributed by atoms with Crippen LogP contribution in [0.25, 0.3) is 0 Å². The molecular weight excluding hydrogens is 612 g/mol. The van der Waals surface area contributed by atoms with Gasteiger partial charge < -0.3 is 28.5 Å². The Bertz CT molecular complexity index is 1350. The van der Waals surface area contributed by atoms with Crippen molar-refractivity contribution in [3.63, 3.8) is 0 Å². The van der Waals surface area contributed by atoms with Gasteiger partial charge in [0.05, 0.1) is 32.0 Å². The topological polar surface area (TPSA) is 101 Å². The third kappa shape index (κ3) is 12.4. The fraction of sp³-hybridized carbons (Fsp3) is 0.526. The van der Waals surface area contributed by atoms with Crippen molar-refractivity contribution < 1.29 is 38.1 Å². The van der Waals surface area contributed by atoms with Gasteiger partial charge in [-0.2, -0.15) is 0 Å². The summed E-state index contributed by atoms with van der Waals surface area (Å²) < 4.78 is 30.1. The SMILES string of the molecule is C=C1C[C@H]2C/C=C/[C@H](O[Si](C)(C)C(C)(C)C)C/C(C)=C\C=C\C(=O)O[C@@H]([C@@H](OCc3ccc(OC)cc3)C(=O)O)C/C(C)=C/[C@@H](C1)O2. The molecular formula is C38H54O8Si. The quantitative estimate of drug-likeness (QED) is 0.168. The maximum Gasteiger partial charge on any atom is 0.336 e. The van der Waals surface area contributed by atoms with Crippen LogP contribution >= 0.6 is 0 Å².